The molecule has 2 N–H and O–H groups in total. The standard InChI is InChI=1S/C17H23ClN4OS/c1-2-3-4-5-6-7-8-15-21-22-17(24-15)20-16(23)19-14-11-9-13(18)10-12-14/h9-12H,2-8H2,1H3,(H2,19,20,22,23). The smallest absolute Gasteiger partial charge is 0.308 e. The number of anilines is 2. The zero-order valence-electron chi connectivity index (χ0n) is 13.8. The molecule has 0 spiro atoms. The van der Waals surface area contributed by atoms with Gasteiger partial charge in [0, 0.05) is 17.1 Å². The lowest BCUT2D eigenvalue weighted by Crippen LogP contribution is -2.19. The molecule has 2 amide bonds. The minimum absolute atomic E-state index is 0.334. The first-order valence-electron chi connectivity index (χ1n) is 8.33. The van der Waals surface area contributed by atoms with Gasteiger partial charge in [0.2, 0.25) is 5.13 Å². The first kappa shape index (κ1) is 18.7. The number of unbranched alkanes of at least 4 members (excludes halogenated alkanes) is 5. The van der Waals surface area contributed by atoms with Gasteiger partial charge in [-0.15, -0.1) is 10.2 Å². The summed E-state index contributed by atoms with van der Waals surface area (Å²) in [4.78, 5) is 11.9. The molecular weight excluding hydrogens is 344 g/mol. The quantitative estimate of drug-likeness (QED) is 0.556. The van der Waals surface area contributed by atoms with Gasteiger partial charge in [-0.1, -0.05) is 62.0 Å². The fourth-order valence-corrected chi connectivity index (χ4v) is 3.16. The summed E-state index contributed by atoms with van der Waals surface area (Å²) in [6.45, 7) is 2.22. The number of nitrogens with one attached hydrogen (secondary N) is 2. The maximum Gasteiger partial charge on any atom is 0.325 e. The third-order valence-electron chi connectivity index (χ3n) is 3.53. The van der Waals surface area contributed by atoms with Gasteiger partial charge < -0.3 is 5.32 Å². The number of hydrogen-bond acceptors (Lipinski definition) is 4. The number of nitrogens with zero attached hydrogens (tertiary/aromatic N) is 2. The Labute approximate surface area is 151 Å². The molecule has 7 heteroatoms. The fraction of sp³-hybridized carbons (Fsp3) is 0.471. The van der Waals surface area contributed by atoms with Crippen molar-refractivity contribution in [3.05, 3.63) is 34.3 Å². The number of rotatable bonds is 9. The molecule has 130 valence electrons. The predicted molar refractivity (Wildman–Crippen MR) is 101 cm³/mol. The van der Waals surface area contributed by atoms with E-state index in [4.69, 9.17) is 11.6 Å². The van der Waals surface area contributed by atoms with E-state index >= 15 is 0 Å². The Kier molecular flexibility index (Phi) is 7.98. The summed E-state index contributed by atoms with van der Waals surface area (Å²) in [5.41, 5.74) is 0.675. The van der Waals surface area contributed by atoms with Gasteiger partial charge in [-0.25, -0.2) is 4.79 Å². The molecule has 0 atom stereocenters. The molecule has 5 nitrogen and oxygen atoms in total. The van der Waals surface area contributed by atoms with E-state index in [-0.39, 0.29) is 6.03 Å². The highest BCUT2D eigenvalue weighted by Crippen LogP contribution is 2.19. The van der Waals surface area contributed by atoms with Gasteiger partial charge in [0.1, 0.15) is 5.01 Å². The van der Waals surface area contributed by atoms with Crippen LogP contribution in [0.4, 0.5) is 15.6 Å². The molecule has 0 aliphatic rings. The highest BCUT2D eigenvalue weighted by molar-refractivity contribution is 7.15. The average molecular weight is 367 g/mol. The van der Waals surface area contributed by atoms with Gasteiger partial charge in [-0.2, -0.15) is 0 Å². The number of carbonyl (C=O) groups is 1. The van der Waals surface area contributed by atoms with E-state index in [1.54, 1.807) is 24.3 Å². The van der Waals surface area contributed by atoms with Crippen molar-refractivity contribution in [1.82, 2.24) is 10.2 Å². The molecular formula is C17H23ClN4OS. The normalized spacial score (nSPS) is 10.6. The first-order valence-corrected chi connectivity index (χ1v) is 9.53. The number of halogens is 1. The van der Waals surface area contributed by atoms with Crippen LogP contribution >= 0.6 is 22.9 Å². The number of carbonyl (C=O) groups excluding carboxylic acids is 1. The van der Waals surface area contributed by atoms with Crippen LogP contribution in [0.3, 0.4) is 0 Å². The Balaban J connectivity index is 1.70. The van der Waals surface area contributed by atoms with Gasteiger partial charge in [-0.3, -0.25) is 5.32 Å². The highest BCUT2D eigenvalue weighted by Gasteiger charge is 2.08. The van der Waals surface area contributed by atoms with Crippen molar-refractivity contribution in [3.8, 4) is 0 Å². The van der Waals surface area contributed by atoms with E-state index in [0.29, 0.717) is 15.8 Å². The molecule has 1 heterocycles. The lowest BCUT2D eigenvalue weighted by atomic mass is 10.1. The summed E-state index contributed by atoms with van der Waals surface area (Å²) in [5, 5.41) is 15.7. The Morgan fingerprint density at radius 2 is 1.75 bits per heavy atom. The molecule has 1 aromatic heterocycles. The molecule has 0 aliphatic heterocycles. The third kappa shape index (κ3) is 6.84. The Morgan fingerprint density at radius 3 is 2.50 bits per heavy atom. The van der Waals surface area contributed by atoms with Crippen LogP contribution in [0, 0.1) is 0 Å². The maximum atomic E-state index is 11.9. The van der Waals surface area contributed by atoms with Crippen molar-refractivity contribution in [2.24, 2.45) is 0 Å². The van der Waals surface area contributed by atoms with E-state index in [9.17, 15) is 4.79 Å². The maximum absolute atomic E-state index is 11.9. The van der Waals surface area contributed by atoms with Crippen LogP contribution in [0.5, 0.6) is 0 Å². The van der Waals surface area contributed by atoms with Crippen molar-refractivity contribution >= 4 is 39.8 Å². The van der Waals surface area contributed by atoms with Gasteiger partial charge >= 0.3 is 6.03 Å². The SMILES string of the molecule is CCCCCCCCc1nnc(NC(=O)Nc2ccc(Cl)cc2)s1. The van der Waals surface area contributed by atoms with Gasteiger partial charge in [0.25, 0.3) is 0 Å². The summed E-state index contributed by atoms with van der Waals surface area (Å²) in [7, 11) is 0. The van der Waals surface area contributed by atoms with Crippen LogP contribution in [0.2, 0.25) is 5.02 Å². The van der Waals surface area contributed by atoms with Crippen LogP contribution in [0.15, 0.2) is 24.3 Å². The number of aryl methyl sites for hydroxylation is 1. The zero-order valence-corrected chi connectivity index (χ0v) is 15.4. The molecule has 2 aromatic rings. The summed E-state index contributed by atoms with van der Waals surface area (Å²) >= 11 is 7.24. The molecule has 0 radical (unpaired) electrons. The largest absolute Gasteiger partial charge is 0.325 e. The van der Waals surface area contributed by atoms with Crippen molar-refractivity contribution < 1.29 is 4.79 Å². The second kappa shape index (κ2) is 10.3. The minimum atomic E-state index is -0.334. The second-order valence-corrected chi connectivity index (χ2v) is 7.10. The molecule has 0 saturated carbocycles. The van der Waals surface area contributed by atoms with E-state index in [0.717, 1.165) is 17.8 Å². The van der Waals surface area contributed by atoms with E-state index in [1.807, 2.05) is 0 Å². The van der Waals surface area contributed by atoms with Crippen molar-refractivity contribution in [2.75, 3.05) is 10.6 Å². The van der Waals surface area contributed by atoms with Crippen LogP contribution in [0.25, 0.3) is 0 Å². The van der Waals surface area contributed by atoms with Crippen molar-refractivity contribution in [2.45, 2.75) is 51.9 Å². The van der Waals surface area contributed by atoms with Gasteiger partial charge in [0.05, 0.1) is 0 Å². The fourth-order valence-electron chi connectivity index (χ4n) is 2.25. The van der Waals surface area contributed by atoms with E-state index < -0.39 is 0 Å². The summed E-state index contributed by atoms with van der Waals surface area (Å²) < 4.78 is 0. The van der Waals surface area contributed by atoms with Gasteiger partial charge in [0.15, 0.2) is 0 Å². The average Bonchev–Trinajstić information content (AvgIpc) is 3.00. The molecule has 0 saturated heterocycles. The van der Waals surface area contributed by atoms with Crippen LogP contribution in [0.1, 0.15) is 50.5 Å². The lowest BCUT2D eigenvalue weighted by Gasteiger charge is -2.04. The molecule has 0 unspecified atom stereocenters. The molecule has 1 aromatic carbocycles. The number of urea groups is 1. The minimum Gasteiger partial charge on any atom is -0.308 e. The Bertz CT molecular complexity index is 630. The molecule has 0 aliphatic carbocycles. The van der Waals surface area contributed by atoms with Crippen LogP contribution in [-0.4, -0.2) is 16.2 Å². The molecule has 0 fully saturated rings. The molecule has 2 rings (SSSR count). The molecule has 0 bridgehead atoms. The van der Waals surface area contributed by atoms with E-state index in [1.165, 1.54) is 43.4 Å². The molecule has 24 heavy (non-hydrogen) atoms. The predicted octanol–water partition coefficient (Wildman–Crippen LogP) is 5.74. The van der Waals surface area contributed by atoms with Crippen molar-refractivity contribution in [1.29, 1.82) is 0 Å². The van der Waals surface area contributed by atoms with Crippen LogP contribution in [-0.2, 0) is 6.42 Å². The zero-order chi connectivity index (χ0) is 17.2. The first-order chi connectivity index (χ1) is 11.7. The number of benzene rings is 1. The Morgan fingerprint density at radius 1 is 1.04 bits per heavy atom. The second-order valence-electron chi connectivity index (χ2n) is 5.60. The summed E-state index contributed by atoms with van der Waals surface area (Å²) in [6, 6.07) is 6.60. The summed E-state index contributed by atoms with van der Waals surface area (Å²) in [6.07, 6.45) is 8.43. The summed E-state index contributed by atoms with van der Waals surface area (Å²) in [5.74, 6) is 0. The third-order valence-corrected chi connectivity index (χ3v) is 4.68. The lowest BCUT2D eigenvalue weighted by molar-refractivity contribution is 0.262. The van der Waals surface area contributed by atoms with Crippen molar-refractivity contribution in [3.63, 3.8) is 0 Å². The number of aromatic nitrogens is 2. The Hall–Kier alpha value is -1.66. The topological polar surface area (TPSA) is 66.9 Å². The van der Waals surface area contributed by atoms with Gasteiger partial charge in [-0.05, 0) is 30.7 Å². The van der Waals surface area contributed by atoms with Crippen LogP contribution < -0.4 is 10.6 Å². The monoisotopic (exact) mass is 366 g/mol. The number of amides is 2. The highest BCUT2D eigenvalue weighted by atomic mass is 35.5. The number of hydrogen-bond donors (Lipinski definition) is 2. The van der Waals surface area contributed by atoms with E-state index in [2.05, 4.69) is 27.8 Å².